The zero-order valence-corrected chi connectivity index (χ0v) is 33.0. The quantitative estimate of drug-likeness (QED) is 0.0632. The summed E-state index contributed by atoms with van der Waals surface area (Å²) in [6.45, 7) is 4.54. The van der Waals surface area contributed by atoms with Crippen molar-refractivity contribution in [3.63, 3.8) is 0 Å². The monoisotopic (exact) mass is 681 g/mol. The molecule has 0 saturated carbocycles. The van der Waals surface area contributed by atoms with Gasteiger partial charge < -0.3 is 10.2 Å². The van der Waals surface area contributed by atoms with Crippen LogP contribution in [0.4, 0.5) is 0 Å². The lowest BCUT2D eigenvalue weighted by Crippen LogP contribution is -1.93. The van der Waals surface area contributed by atoms with E-state index >= 15 is 0 Å². The maximum absolute atomic E-state index is 10.4. The van der Waals surface area contributed by atoms with E-state index in [9.17, 15) is 9.59 Å². The van der Waals surface area contributed by atoms with E-state index in [1.165, 1.54) is 218 Å². The highest BCUT2D eigenvalue weighted by Gasteiger charge is 1.99. The maximum Gasteiger partial charge on any atom is 0.303 e. The third-order valence-electron chi connectivity index (χ3n) is 9.99. The van der Waals surface area contributed by atoms with Crippen LogP contribution in [-0.4, -0.2) is 22.2 Å². The van der Waals surface area contributed by atoms with E-state index in [2.05, 4.69) is 13.8 Å². The summed E-state index contributed by atoms with van der Waals surface area (Å²) >= 11 is 0. The molecule has 4 heteroatoms. The van der Waals surface area contributed by atoms with Gasteiger partial charge in [0.15, 0.2) is 0 Å². The van der Waals surface area contributed by atoms with Crippen molar-refractivity contribution in [2.24, 2.45) is 0 Å². The number of aliphatic carboxylic acids is 2. The second-order valence-electron chi connectivity index (χ2n) is 15.0. The molecule has 0 spiro atoms. The molecule has 0 radical (unpaired) electrons. The predicted molar refractivity (Wildman–Crippen MR) is 211 cm³/mol. The molecule has 0 aromatic carbocycles. The summed E-state index contributed by atoms with van der Waals surface area (Å²) < 4.78 is 0. The Labute approximate surface area is 301 Å². The molecule has 48 heavy (non-hydrogen) atoms. The van der Waals surface area contributed by atoms with Crippen molar-refractivity contribution >= 4 is 11.9 Å². The number of rotatable bonds is 40. The van der Waals surface area contributed by atoms with Gasteiger partial charge in [0.05, 0.1) is 0 Å². The van der Waals surface area contributed by atoms with Crippen molar-refractivity contribution in [3.8, 4) is 0 Å². The molecule has 0 saturated heterocycles. The van der Waals surface area contributed by atoms with Crippen LogP contribution < -0.4 is 0 Å². The van der Waals surface area contributed by atoms with E-state index in [-0.39, 0.29) is 0 Å². The van der Waals surface area contributed by atoms with E-state index < -0.39 is 11.9 Å². The molecule has 288 valence electrons. The van der Waals surface area contributed by atoms with E-state index in [0.717, 1.165) is 25.7 Å². The molecule has 0 aromatic heterocycles. The molecule has 0 bridgehead atoms. The minimum Gasteiger partial charge on any atom is -0.481 e. The number of carboxylic acid groups (broad SMARTS) is 2. The Morgan fingerprint density at radius 1 is 0.250 bits per heavy atom. The zero-order chi connectivity index (χ0) is 35.4. The molecule has 0 aliphatic heterocycles. The standard InChI is InChI=1S/C30H60O2.C14H28O2/c1-2-3-4-5-6-7-8-9-10-11-12-13-14-15-16-17-18-19-20-21-22-23-24-25-26-27-28-29-30(31)32;1-2-3-4-5-6-7-8-9-10-11-12-13-14(15)16/h2-29H2,1H3,(H,31,32);2-13H2,1H3,(H,15,16). The first-order chi connectivity index (χ1) is 23.5. The normalized spacial score (nSPS) is 11.0. The van der Waals surface area contributed by atoms with Gasteiger partial charge in [0.25, 0.3) is 0 Å². The van der Waals surface area contributed by atoms with Gasteiger partial charge >= 0.3 is 11.9 Å². The van der Waals surface area contributed by atoms with Gasteiger partial charge in [-0.25, -0.2) is 0 Å². The second-order valence-corrected chi connectivity index (χ2v) is 15.0. The summed E-state index contributed by atoms with van der Waals surface area (Å²) in [5.74, 6) is -1.31. The molecule has 0 heterocycles. The Morgan fingerprint density at radius 2 is 0.375 bits per heavy atom. The number of hydrogen-bond acceptors (Lipinski definition) is 2. The summed E-state index contributed by atoms with van der Waals surface area (Å²) in [5.41, 5.74) is 0. The second kappa shape index (κ2) is 45.9. The van der Waals surface area contributed by atoms with Crippen LogP contribution >= 0.6 is 0 Å². The fraction of sp³-hybridized carbons (Fsp3) is 0.955. The van der Waals surface area contributed by atoms with E-state index in [1.54, 1.807) is 0 Å². The fourth-order valence-electron chi connectivity index (χ4n) is 6.71. The minimum atomic E-state index is -0.657. The van der Waals surface area contributed by atoms with Crippen LogP contribution in [-0.2, 0) is 9.59 Å². The van der Waals surface area contributed by atoms with Crippen molar-refractivity contribution in [2.45, 2.75) is 271 Å². The SMILES string of the molecule is CCCCCCCCCCCCCC(=O)O.CCCCCCCCCCCCCCCCCCCCCCCCCCCCCC(=O)O. The van der Waals surface area contributed by atoms with Crippen LogP contribution in [0.5, 0.6) is 0 Å². The van der Waals surface area contributed by atoms with Gasteiger partial charge in [-0.2, -0.15) is 0 Å². The molecule has 0 unspecified atom stereocenters. The minimum absolute atomic E-state index is 0.344. The lowest BCUT2D eigenvalue weighted by atomic mass is 10.0. The molecule has 0 atom stereocenters. The molecular formula is C44H88O4. The Morgan fingerprint density at radius 3 is 0.500 bits per heavy atom. The third kappa shape index (κ3) is 51.8. The van der Waals surface area contributed by atoms with Gasteiger partial charge in [0.2, 0.25) is 0 Å². The molecular weight excluding hydrogens is 592 g/mol. The van der Waals surface area contributed by atoms with Crippen molar-refractivity contribution in [3.05, 3.63) is 0 Å². The Kier molecular flexibility index (Phi) is 46.9. The third-order valence-corrected chi connectivity index (χ3v) is 9.99. The van der Waals surface area contributed by atoms with E-state index in [1.807, 2.05) is 0 Å². The molecule has 0 aliphatic rings. The van der Waals surface area contributed by atoms with Crippen LogP contribution in [0.25, 0.3) is 0 Å². The highest BCUT2D eigenvalue weighted by Crippen LogP contribution is 2.16. The first-order valence-electron chi connectivity index (χ1n) is 22.0. The summed E-state index contributed by atoms with van der Waals surface area (Å²) in [5, 5.41) is 17.1. The van der Waals surface area contributed by atoms with Gasteiger partial charge in [0.1, 0.15) is 0 Å². The van der Waals surface area contributed by atoms with Crippen LogP contribution in [0, 0.1) is 0 Å². The van der Waals surface area contributed by atoms with E-state index in [4.69, 9.17) is 10.2 Å². The van der Waals surface area contributed by atoms with Gasteiger partial charge in [-0.1, -0.05) is 245 Å². The highest BCUT2D eigenvalue weighted by molar-refractivity contribution is 5.66. The first-order valence-corrected chi connectivity index (χ1v) is 22.0. The van der Waals surface area contributed by atoms with Gasteiger partial charge in [0, 0.05) is 12.8 Å². The lowest BCUT2D eigenvalue weighted by Gasteiger charge is -2.04. The Bertz CT molecular complexity index is 605. The van der Waals surface area contributed by atoms with Crippen LogP contribution in [0.2, 0.25) is 0 Å². The van der Waals surface area contributed by atoms with Gasteiger partial charge in [-0.15, -0.1) is 0 Å². The Hall–Kier alpha value is -1.06. The van der Waals surface area contributed by atoms with Gasteiger partial charge in [-0.3, -0.25) is 9.59 Å². The first kappa shape index (κ1) is 49.1. The van der Waals surface area contributed by atoms with Crippen LogP contribution in [0.1, 0.15) is 271 Å². The molecule has 0 aromatic rings. The number of carboxylic acids is 2. The average molecular weight is 681 g/mol. The summed E-state index contributed by atoms with van der Waals surface area (Å²) in [6, 6.07) is 0. The molecule has 0 aliphatic carbocycles. The maximum atomic E-state index is 10.4. The number of unbranched alkanes of at least 4 members (excludes halogenated alkanes) is 36. The molecule has 2 N–H and O–H groups in total. The summed E-state index contributed by atoms with van der Waals surface area (Å²) in [7, 11) is 0. The topological polar surface area (TPSA) is 74.6 Å². The lowest BCUT2D eigenvalue weighted by molar-refractivity contribution is -0.138. The number of carbonyl (C=O) groups is 2. The largest absolute Gasteiger partial charge is 0.481 e. The molecule has 4 nitrogen and oxygen atoms in total. The number of hydrogen-bond donors (Lipinski definition) is 2. The van der Waals surface area contributed by atoms with Crippen molar-refractivity contribution in [1.82, 2.24) is 0 Å². The highest BCUT2D eigenvalue weighted by atomic mass is 16.4. The Balaban J connectivity index is 0. The summed E-state index contributed by atoms with van der Waals surface area (Å²) in [6.07, 6.45) is 52.3. The molecule has 0 amide bonds. The fourth-order valence-corrected chi connectivity index (χ4v) is 6.71. The van der Waals surface area contributed by atoms with Crippen molar-refractivity contribution in [1.29, 1.82) is 0 Å². The van der Waals surface area contributed by atoms with Gasteiger partial charge in [-0.05, 0) is 12.8 Å². The summed E-state index contributed by atoms with van der Waals surface area (Å²) in [4.78, 5) is 20.7. The average Bonchev–Trinajstić information content (AvgIpc) is 3.07. The smallest absolute Gasteiger partial charge is 0.303 e. The van der Waals surface area contributed by atoms with E-state index in [0.29, 0.717) is 12.8 Å². The van der Waals surface area contributed by atoms with Crippen LogP contribution in [0.15, 0.2) is 0 Å². The molecule has 0 fully saturated rings. The predicted octanol–water partition coefficient (Wildman–Crippen LogP) is 15.8. The van der Waals surface area contributed by atoms with Crippen molar-refractivity contribution in [2.75, 3.05) is 0 Å². The molecule has 0 rings (SSSR count). The van der Waals surface area contributed by atoms with Crippen molar-refractivity contribution < 1.29 is 19.8 Å². The zero-order valence-electron chi connectivity index (χ0n) is 33.0. The van der Waals surface area contributed by atoms with Crippen LogP contribution in [0.3, 0.4) is 0 Å².